The number of fused-ring (bicyclic) bond motifs is 1. The number of anilines is 1. The average Bonchev–Trinajstić information content (AvgIpc) is 3.00. The quantitative estimate of drug-likeness (QED) is 0.870. The second-order valence-corrected chi connectivity index (χ2v) is 4.82. The van der Waals surface area contributed by atoms with E-state index in [1.165, 1.54) is 7.11 Å². The summed E-state index contributed by atoms with van der Waals surface area (Å²) in [5, 5.41) is 14.5. The fourth-order valence-electron chi connectivity index (χ4n) is 2.37. The first-order valence-corrected chi connectivity index (χ1v) is 6.78. The van der Waals surface area contributed by atoms with Crippen molar-refractivity contribution in [1.29, 1.82) is 0 Å². The van der Waals surface area contributed by atoms with Gasteiger partial charge in [0.25, 0.3) is 0 Å². The lowest BCUT2D eigenvalue weighted by Crippen LogP contribution is -2.27. The van der Waals surface area contributed by atoms with E-state index in [1.807, 2.05) is 42.5 Å². The van der Waals surface area contributed by atoms with E-state index in [2.05, 4.69) is 20.8 Å². The number of aromatic nitrogens is 4. The first-order valence-electron chi connectivity index (χ1n) is 6.78. The number of nitrogens with one attached hydrogen (secondary N) is 1. The lowest BCUT2D eigenvalue weighted by molar-refractivity contribution is -0.136. The molecule has 1 N–H and O–H groups in total. The molecule has 2 heterocycles. The van der Waals surface area contributed by atoms with Crippen LogP contribution in [0.2, 0.25) is 0 Å². The summed E-state index contributed by atoms with van der Waals surface area (Å²) in [6.07, 6.45) is 3.81. The molecule has 0 fully saturated rings. The molecule has 0 spiro atoms. The fourth-order valence-corrected chi connectivity index (χ4v) is 2.37. The molecule has 22 heavy (non-hydrogen) atoms. The van der Waals surface area contributed by atoms with Gasteiger partial charge in [0.15, 0.2) is 0 Å². The number of carbonyl (C=O) groups excluding carboxylic acids is 1. The number of nitrogens with zero attached hydrogens (tertiary/aromatic N) is 4. The Hall–Kier alpha value is -2.96. The number of hydrogen-bond acceptors (Lipinski definition) is 6. The highest BCUT2D eigenvalue weighted by molar-refractivity contribution is 5.92. The van der Waals surface area contributed by atoms with Gasteiger partial charge in [-0.2, -0.15) is 4.68 Å². The summed E-state index contributed by atoms with van der Waals surface area (Å²) in [5.74, 6) is 0.0849. The summed E-state index contributed by atoms with van der Waals surface area (Å²) >= 11 is 0. The van der Waals surface area contributed by atoms with E-state index >= 15 is 0 Å². The van der Waals surface area contributed by atoms with Gasteiger partial charge in [-0.3, -0.25) is 0 Å². The van der Waals surface area contributed by atoms with Crippen molar-refractivity contribution in [1.82, 2.24) is 20.2 Å². The minimum atomic E-state index is -0.418. The van der Waals surface area contributed by atoms with Crippen LogP contribution in [0.4, 0.5) is 5.95 Å². The van der Waals surface area contributed by atoms with Crippen molar-refractivity contribution < 1.29 is 9.53 Å². The number of ether oxygens (including phenoxy) is 1. The Morgan fingerprint density at radius 3 is 2.86 bits per heavy atom. The smallest absolute Gasteiger partial charge is 0.338 e. The fraction of sp³-hybridized carbons (Fsp3) is 0.200. The molecule has 0 saturated heterocycles. The molecule has 3 rings (SSSR count). The first-order chi connectivity index (χ1) is 10.7. The van der Waals surface area contributed by atoms with E-state index in [0.29, 0.717) is 17.2 Å². The molecule has 0 saturated carbocycles. The zero-order valence-corrected chi connectivity index (χ0v) is 12.2. The maximum absolute atomic E-state index is 12.1. The molecule has 1 aliphatic heterocycles. The predicted molar refractivity (Wildman–Crippen MR) is 80.7 cm³/mol. The van der Waals surface area contributed by atoms with Gasteiger partial charge < -0.3 is 10.1 Å². The summed E-state index contributed by atoms with van der Waals surface area (Å²) in [7, 11) is 1.36. The van der Waals surface area contributed by atoms with Gasteiger partial charge in [0, 0.05) is 5.70 Å². The van der Waals surface area contributed by atoms with Gasteiger partial charge in [-0.1, -0.05) is 47.6 Å². The summed E-state index contributed by atoms with van der Waals surface area (Å²) in [4.78, 5) is 12.1. The molecule has 0 amide bonds. The number of rotatable bonds is 3. The molecule has 1 aromatic heterocycles. The second kappa shape index (κ2) is 5.80. The van der Waals surface area contributed by atoms with Crippen LogP contribution < -0.4 is 5.32 Å². The second-order valence-electron chi connectivity index (χ2n) is 4.82. The van der Waals surface area contributed by atoms with Crippen LogP contribution >= 0.6 is 0 Å². The van der Waals surface area contributed by atoms with Crippen LogP contribution in [-0.4, -0.2) is 33.3 Å². The third kappa shape index (κ3) is 2.48. The van der Waals surface area contributed by atoms with Crippen LogP contribution in [-0.2, 0) is 9.53 Å². The van der Waals surface area contributed by atoms with Gasteiger partial charge >= 0.3 is 5.97 Å². The highest BCUT2D eigenvalue weighted by Gasteiger charge is 2.31. The van der Waals surface area contributed by atoms with E-state index < -0.39 is 12.0 Å². The van der Waals surface area contributed by atoms with Crippen molar-refractivity contribution in [3.05, 3.63) is 53.2 Å². The van der Waals surface area contributed by atoms with E-state index in [1.54, 1.807) is 11.6 Å². The van der Waals surface area contributed by atoms with Crippen molar-refractivity contribution in [2.45, 2.75) is 13.0 Å². The molecule has 112 valence electrons. The normalized spacial score (nSPS) is 17.3. The Balaban J connectivity index is 2.02. The van der Waals surface area contributed by atoms with Gasteiger partial charge in [0.05, 0.1) is 12.7 Å². The summed E-state index contributed by atoms with van der Waals surface area (Å²) in [5.41, 5.74) is 2.18. The Bertz CT molecular complexity index is 748. The number of esters is 1. The number of benzene rings is 1. The zero-order valence-electron chi connectivity index (χ0n) is 12.2. The van der Waals surface area contributed by atoms with Crippen LogP contribution in [0.15, 0.2) is 47.7 Å². The topological polar surface area (TPSA) is 81.9 Å². The van der Waals surface area contributed by atoms with Gasteiger partial charge in [0.1, 0.15) is 6.04 Å². The van der Waals surface area contributed by atoms with Crippen molar-refractivity contribution in [3.8, 4) is 0 Å². The molecule has 7 nitrogen and oxygen atoms in total. The predicted octanol–water partition coefficient (Wildman–Crippen LogP) is 1.80. The number of allylic oxidation sites excluding steroid dienone is 2. The van der Waals surface area contributed by atoms with E-state index in [-0.39, 0.29) is 0 Å². The number of methoxy groups -OCH3 is 1. The molecule has 1 atom stereocenters. The maximum Gasteiger partial charge on any atom is 0.338 e. The molecule has 0 aliphatic carbocycles. The number of carbonyl (C=O) groups is 1. The third-order valence-electron chi connectivity index (χ3n) is 3.43. The summed E-state index contributed by atoms with van der Waals surface area (Å²) < 4.78 is 6.44. The molecule has 1 unspecified atom stereocenters. The SMILES string of the molecule is COC(=O)C1=C(C)Nc2nnnn2C1/C=C/c1ccccc1. The molecular weight excluding hydrogens is 282 g/mol. The Labute approximate surface area is 127 Å². The Morgan fingerprint density at radius 1 is 1.36 bits per heavy atom. The molecule has 1 aliphatic rings. The molecule has 1 aromatic carbocycles. The van der Waals surface area contributed by atoms with Gasteiger partial charge in [-0.05, 0) is 22.9 Å². The number of tetrazole rings is 1. The molecule has 7 heteroatoms. The highest BCUT2D eigenvalue weighted by Crippen LogP contribution is 2.30. The van der Waals surface area contributed by atoms with Gasteiger partial charge in [-0.15, -0.1) is 0 Å². The van der Waals surface area contributed by atoms with Crippen molar-refractivity contribution in [2.24, 2.45) is 0 Å². The molecule has 0 radical (unpaired) electrons. The largest absolute Gasteiger partial charge is 0.466 e. The first kappa shape index (κ1) is 14.0. The third-order valence-corrected chi connectivity index (χ3v) is 3.43. The van der Waals surface area contributed by atoms with Crippen molar-refractivity contribution in [2.75, 3.05) is 12.4 Å². The Morgan fingerprint density at radius 2 is 2.14 bits per heavy atom. The van der Waals surface area contributed by atoms with E-state index in [0.717, 1.165) is 5.56 Å². The maximum atomic E-state index is 12.1. The Kier molecular flexibility index (Phi) is 3.69. The number of hydrogen-bond donors (Lipinski definition) is 1. The van der Waals surface area contributed by atoms with E-state index in [9.17, 15) is 4.79 Å². The van der Waals surface area contributed by atoms with Crippen LogP contribution in [0, 0.1) is 0 Å². The molecule has 2 aromatic rings. The van der Waals surface area contributed by atoms with Crippen molar-refractivity contribution in [3.63, 3.8) is 0 Å². The van der Waals surface area contributed by atoms with Crippen LogP contribution in [0.5, 0.6) is 0 Å². The average molecular weight is 297 g/mol. The highest BCUT2D eigenvalue weighted by atomic mass is 16.5. The standard InChI is InChI=1S/C15H15N5O2/c1-10-13(14(21)22-2)12(20-15(16-10)17-18-19-20)9-8-11-6-4-3-5-7-11/h3-9,12H,1-2H3,(H,16,17,19)/b9-8+. The molecular formula is C15H15N5O2. The lowest BCUT2D eigenvalue weighted by Gasteiger charge is -2.24. The minimum Gasteiger partial charge on any atom is -0.466 e. The minimum absolute atomic E-state index is 0.408. The summed E-state index contributed by atoms with van der Waals surface area (Å²) in [6.45, 7) is 1.80. The van der Waals surface area contributed by atoms with Crippen LogP contribution in [0.3, 0.4) is 0 Å². The van der Waals surface area contributed by atoms with Crippen molar-refractivity contribution >= 4 is 18.0 Å². The monoisotopic (exact) mass is 297 g/mol. The zero-order chi connectivity index (χ0) is 15.5. The van der Waals surface area contributed by atoms with Gasteiger partial charge in [-0.25, -0.2) is 4.79 Å². The van der Waals surface area contributed by atoms with E-state index in [4.69, 9.17) is 4.74 Å². The van der Waals surface area contributed by atoms with Crippen LogP contribution in [0.1, 0.15) is 18.5 Å². The van der Waals surface area contributed by atoms with Gasteiger partial charge in [0.2, 0.25) is 5.95 Å². The summed E-state index contributed by atoms with van der Waals surface area (Å²) in [6, 6.07) is 9.39. The molecule has 0 bridgehead atoms. The lowest BCUT2D eigenvalue weighted by atomic mass is 10.0. The van der Waals surface area contributed by atoms with Crippen LogP contribution in [0.25, 0.3) is 6.08 Å².